The maximum absolute atomic E-state index is 9.76. The van der Waals surface area contributed by atoms with Crippen molar-refractivity contribution in [3.63, 3.8) is 0 Å². The summed E-state index contributed by atoms with van der Waals surface area (Å²) in [6, 6.07) is 7.01. The molecule has 0 bridgehead atoms. The van der Waals surface area contributed by atoms with Crippen molar-refractivity contribution in [2.45, 2.75) is 18.6 Å². The average molecular weight is 290 g/mol. The first kappa shape index (κ1) is 16.2. The van der Waals surface area contributed by atoms with Gasteiger partial charge in [0, 0.05) is 6.54 Å². The molecule has 0 aliphatic carbocycles. The number of aliphatic hydroxyl groups excluding tert-OH is 3. The first-order valence-electron chi connectivity index (χ1n) is 6.03. The van der Waals surface area contributed by atoms with Crippen molar-refractivity contribution in [3.8, 4) is 5.75 Å². The summed E-state index contributed by atoms with van der Waals surface area (Å²) in [7, 11) is 0. The first-order valence-corrected chi connectivity index (χ1v) is 6.40. The SMILES string of the molecule is CC(CO)(CO)NCC(O)COc1ccccc1Cl. The number of nitrogens with one attached hydrogen (secondary N) is 1. The maximum atomic E-state index is 9.76. The molecule has 0 spiro atoms. The van der Waals surface area contributed by atoms with Gasteiger partial charge in [-0.3, -0.25) is 0 Å². The fourth-order valence-corrected chi connectivity index (χ4v) is 1.52. The molecule has 6 heteroatoms. The van der Waals surface area contributed by atoms with Gasteiger partial charge in [0.25, 0.3) is 0 Å². The molecule has 0 radical (unpaired) electrons. The molecule has 0 heterocycles. The number of benzene rings is 1. The van der Waals surface area contributed by atoms with E-state index < -0.39 is 11.6 Å². The minimum absolute atomic E-state index is 0.0731. The van der Waals surface area contributed by atoms with Crippen molar-refractivity contribution in [3.05, 3.63) is 29.3 Å². The van der Waals surface area contributed by atoms with Crippen LogP contribution in [0.2, 0.25) is 5.02 Å². The molecule has 0 saturated carbocycles. The number of rotatable bonds is 8. The fraction of sp³-hybridized carbons (Fsp3) is 0.538. The molecule has 1 aromatic rings. The number of β-amino-alcohol motifs (C(OH)–C–C–N with tert-alkyl or cyclic N) is 1. The van der Waals surface area contributed by atoms with Crippen LogP contribution in [-0.2, 0) is 0 Å². The van der Waals surface area contributed by atoms with Gasteiger partial charge < -0.3 is 25.4 Å². The van der Waals surface area contributed by atoms with E-state index in [9.17, 15) is 5.11 Å². The van der Waals surface area contributed by atoms with Crippen LogP contribution in [0.25, 0.3) is 0 Å². The minimum Gasteiger partial charge on any atom is -0.489 e. The van der Waals surface area contributed by atoms with Crippen LogP contribution in [0.15, 0.2) is 24.3 Å². The molecular weight excluding hydrogens is 270 g/mol. The number of para-hydroxylation sites is 1. The van der Waals surface area contributed by atoms with Crippen LogP contribution < -0.4 is 10.1 Å². The standard InChI is InChI=1S/C13H20ClNO4/c1-13(8-16,9-17)15-6-10(18)7-19-12-5-3-2-4-11(12)14/h2-5,10,15-18H,6-9H2,1H3. The van der Waals surface area contributed by atoms with Crippen molar-refractivity contribution in [1.82, 2.24) is 5.32 Å². The quantitative estimate of drug-likeness (QED) is 0.557. The van der Waals surface area contributed by atoms with Gasteiger partial charge in [-0.15, -0.1) is 0 Å². The molecule has 1 unspecified atom stereocenters. The summed E-state index contributed by atoms with van der Waals surface area (Å²) in [5.41, 5.74) is -0.814. The van der Waals surface area contributed by atoms with Crippen LogP contribution >= 0.6 is 11.6 Å². The number of aliphatic hydroxyl groups is 3. The fourth-order valence-electron chi connectivity index (χ4n) is 1.33. The summed E-state index contributed by atoms with van der Waals surface area (Å²) in [5.74, 6) is 0.510. The normalized spacial score (nSPS) is 13.3. The van der Waals surface area contributed by atoms with Crippen LogP contribution in [0.1, 0.15) is 6.92 Å². The topological polar surface area (TPSA) is 82.0 Å². The highest BCUT2D eigenvalue weighted by Crippen LogP contribution is 2.23. The van der Waals surface area contributed by atoms with Crippen LogP contribution in [0.4, 0.5) is 0 Å². The van der Waals surface area contributed by atoms with Crippen molar-refractivity contribution < 1.29 is 20.1 Å². The van der Waals surface area contributed by atoms with E-state index in [1.807, 2.05) is 0 Å². The second kappa shape index (κ2) is 7.67. The summed E-state index contributed by atoms with van der Waals surface area (Å²) in [4.78, 5) is 0. The summed E-state index contributed by atoms with van der Waals surface area (Å²) in [5, 5.41) is 31.3. The number of halogens is 1. The third kappa shape index (κ3) is 5.34. The highest BCUT2D eigenvalue weighted by atomic mass is 35.5. The molecule has 19 heavy (non-hydrogen) atoms. The molecule has 1 aromatic carbocycles. The van der Waals surface area contributed by atoms with Gasteiger partial charge in [0.1, 0.15) is 18.5 Å². The second-order valence-corrected chi connectivity index (χ2v) is 5.06. The third-order valence-corrected chi connectivity index (χ3v) is 3.04. The molecule has 0 fully saturated rings. The number of hydrogen-bond acceptors (Lipinski definition) is 5. The largest absolute Gasteiger partial charge is 0.489 e. The predicted molar refractivity (Wildman–Crippen MR) is 73.5 cm³/mol. The smallest absolute Gasteiger partial charge is 0.138 e. The van der Waals surface area contributed by atoms with Gasteiger partial charge in [-0.1, -0.05) is 23.7 Å². The van der Waals surface area contributed by atoms with E-state index in [2.05, 4.69) is 5.32 Å². The number of ether oxygens (including phenoxy) is 1. The Hall–Kier alpha value is -0.850. The van der Waals surface area contributed by atoms with E-state index in [4.69, 9.17) is 26.6 Å². The van der Waals surface area contributed by atoms with E-state index in [1.54, 1.807) is 31.2 Å². The van der Waals surface area contributed by atoms with Crippen LogP contribution in [-0.4, -0.2) is 53.3 Å². The van der Waals surface area contributed by atoms with E-state index in [1.165, 1.54) is 0 Å². The van der Waals surface area contributed by atoms with Crippen molar-refractivity contribution >= 4 is 11.6 Å². The van der Waals surface area contributed by atoms with Crippen molar-refractivity contribution in [1.29, 1.82) is 0 Å². The van der Waals surface area contributed by atoms with Gasteiger partial charge >= 0.3 is 0 Å². The van der Waals surface area contributed by atoms with Crippen LogP contribution in [0.3, 0.4) is 0 Å². The Morgan fingerprint density at radius 3 is 2.53 bits per heavy atom. The average Bonchev–Trinajstić information content (AvgIpc) is 2.44. The molecule has 5 nitrogen and oxygen atoms in total. The predicted octanol–water partition coefficient (Wildman–Crippen LogP) is 0.413. The zero-order chi connectivity index (χ0) is 14.3. The van der Waals surface area contributed by atoms with Gasteiger partial charge in [0.05, 0.1) is 23.8 Å². The Morgan fingerprint density at radius 1 is 1.32 bits per heavy atom. The molecule has 1 atom stereocenters. The first-order chi connectivity index (χ1) is 9.00. The third-order valence-electron chi connectivity index (χ3n) is 2.73. The molecule has 4 N–H and O–H groups in total. The van der Waals surface area contributed by atoms with Gasteiger partial charge in [0.15, 0.2) is 0 Å². The lowest BCUT2D eigenvalue weighted by atomic mass is 10.1. The highest BCUT2D eigenvalue weighted by molar-refractivity contribution is 6.32. The second-order valence-electron chi connectivity index (χ2n) is 4.65. The molecule has 0 aromatic heterocycles. The lowest BCUT2D eigenvalue weighted by molar-refractivity contribution is 0.0666. The molecule has 0 saturated heterocycles. The monoisotopic (exact) mass is 289 g/mol. The van der Waals surface area contributed by atoms with Crippen LogP contribution in [0, 0.1) is 0 Å². The van der Waals surface area contributed by atoms with Crippen LogP contribution in [0.5, 0.6) is 5.75 Å². The Labute approximate surface area is 117 Å². The minimum atomic E-state index is -0.814. The highest BCUT2D eigenvalue weighted by Gasteiger charge is 2.22. The van der Waals surface area contributed by atoms with E-state index in [0.717, 1.165) is 0 Å². The van der Waals surface area contributed by atoms with Crippen molar-refractivity contribution in [2.75, 3.05) is 26.4 Å². The maximum Gasteiger partial charge on any atom is 0.138 e. The lowest BCUT2D eigenvalue weighted by Gasteiger charge is -2.27. The molecule has 0 aliphatic heterocycles. The summed E-state index contributed by atoms with van der Waals surface area (Å²) in [6.07, 6.45) is -0.770. The zero-order valence-electron chi connectivity index (χ0n) is 10.8. The Balaban J connectivity index is 2.36. The van der Waals surface area contributed by atoms with Gasteiger partial charge in [-0.25, -0.2) is 0 Å². The molecular formula is C13H20ClNO4. The Morgan fingerprint density at radius 2 is 1.95 bits per heavy atom. The lowest BCUT2D eigenvalue weighted by Crippen LogP contribution is -2.52. The zero-order valence-corrected chi connectivity index (χ0v) is 11.6. The summed E-state index contributed by atoms with van der Waals surface area (Å²) < 4.78 is 5.38. The molecule has 1 rings (SSSR count). The van der Waals surface area contributed by atoms with E-state index >= 15 is 0 Å². The summed E-state index contributed by atoms with van der Waals surface area (Å²) in [6.45, 7) is 1.49. The van der Waals surface area contributed by atoms with Gasteiger partial charge in [-0.2, -0.15) is 0 Å². The molecule has 108 valence electrons. The molecule has 0 aliphatic rings. The van der Waals surface area contributed by atoms with Crippen molar-refractivity contribution in [2.24, 2.45) is 0 Å². The van der Waals surface area contributed by atoms with Gasteiger partial charge in [-0.05, 0) is 19.1 Å². The van der Waals surface area contributed by atoms with Gasteiger partial charge in [0.2, 0.25) is 0 Å². The van der Waals surface area contributed by atoms with E-state index in [0.29, 0.717) is 10.8 Å². The van der Waals surface area contributed by atoms with E-state index in [-0.39, 0.29) is 26.4 Å². The molecule has 0 amide bonds. The number of hydrogen-bond donors (Lipinski definition) is 4. The Bertz CT molecular complexity index is 385. The summed E-state index contributed by atoms with van der Waals surface area (Å²) >= 11 is 5.91. The Kier molecular flexibility index (Phi) is 6.54.